The Morgan fingerprint density at radius 1 is 0.852 bits per heavy atom. The SMILES string of the molecule is CN1CC2(CNC(=O)c3c2[nH]c2c3CCc3cnc(-c4cc(N5CCC(CC6CCN(c7cccc8c7n(C)c(=O)n8C7CCC(=O)NC7=O)CC6)CC5)ccc4F)cc3-2)C1. The number of para-hydroxylation sites is 1. The molecule has 4 fully saturated rings. The van der Waals surface area contributed by atoms with Gasteiger partial charge in [0.15, 0.2) is 0 Å². The van der Waals surface area contributed by atoms with Crippen molar-refractivity contribution in [2.75, 3.05) is 62.7 Å². The summed E-state index contributed by atoms with van der Waals surface area (Å²) in [4.78, 5) is 66.8. The molecular weight excluding hydrogens is 774 g/mol. The van der Waals surface area contributed by atoms with E-state index in [9.17, 15) is 19.2 Å². The van der Waals surface area contributed by atoms with E-state index in [-0.39, 0.29) is 35.2 Å². The van der Waals surface area contributed by atoms with Crippen molar-refractivity contribution in [2.24, 2.45) is 18.9 Å². The number of nitrogens with one attached hydrogen (secondary N) is 3. The molecule has 3 aromatic heterocycles. The highest BCUT2D eigenvalue weighted by molar-refractivity contribution is 6.02. The van der Waals surface area contributed by atoms with Gasteiger partial charge in [-0.25, -0.2) is 9.18 Å². The van der Waals surface area contributed by atoms with Gasteiger partial charge in [0, 0.05) is 88.0 Å². The highest BCUT2D eigenvalue weighted by atomic mass is 19.1. The van der Waals surface area contributed by atoms with Crippen LogP contribution in [-0.2, 0) is 34.9 Å². The van der Waals surface area contributed by atoms with Gasteiger partial charge < -0.3 is 25.0 Å². The second kappa shape index (κ2) is 14.4. The predicted molar refractivity (Wildman–Crippen MR) is 231 cm³/mol. The number of pyridine rings is 1. The third-order valence-corrected chi connectivity index (χ3v) is 14.9. The smallest absolute Gasteiger partial charge is 0.329 e. The van der Waals surface area contributed by atoms with Gasteiger partial charge in [0.1, 0.15) is 11.9 Å². The maximum absolute atomic E-state index is 15.7. The predicted octanol–water partition coefficient (Wildman–Crippen LogP) is 5.06. The molecule has 61 heavy (non-hydrogen) atoms. The van der Waals surface area contributed by atoms with E-state index < -0.39 is 11.9 Å². The fraction of sp³-hybridized carbons (Fsp3) is 0.468. The molecule has 1 spiro atoms. The van der Waals surface area contributed by atoms with Crippen molar-refractivity contribution in [2.45, 2.75) is 69.2 Å². The number of imidazole rings is 1. The third kappa shape index (κ3) is 6.22. The van der Waals surface area contributed by atoms with Crippen LogP contribution in [-0.4, -0.2) is 94.6 Å². The number of piperidine rings is 3. The van der Waals surface area contributed by atoms with Crippen LogP contribution in [0.25, 0.3) is 33.5 Å². The van der Waals surface area contributed by atoms with Gasteiger partial charge in [0.2, 0.25) is 11.8 Å². The molecule has 14 heteroatoms. The third-order valence-electron chi connectivity index (χ3n) is 14.9. The average molecular weight is 826 g/mol. The van der Waals surface area contributed by atoms with Crippen LogP contribution in [0.5, 0.6) is 0 Å². The number of carbonyl (C=O) groups is 3. The first-order valence-corrected chi connectivity index (χ1v) is 22.1. The standard InChI is InChI=1S/C47H52FN9O4/c1-53-25-47(26-53)24-50-45(60)40-31-8-6-29-23-49-35(22-32(29)41(31)52-43(40)47)33-21-30(7-9-34(33)48)55-16-12-27(13-17-55)20-28-14-18-56(19-15-28)36-4-3-5-37-42(36)54(2)46(61)57(37)38-10-11-39(58)51-44(38)59/h3-5,7,9,21-23,27-28,38,52H,6,8,10-20,24-26H2,1-2H3,(H,50,60)(H,51,58,59). The van der Waals surface area contributed by atoms with Gasteiger partial charge >= 0.3 is 5.69 Å². The molecule has 1 atom stereocenters. The number of hydrogen-bond donors (Lipinski definition) is 3. The van der Waals surface area contributed by atoms with E-state index in [0.717, 1.165) is 134 Å². The molecular formula is C47H52FN9O4. The number of likely N-dealkylation sites (tertiary alicyclic amines) is 1. The zero-order valence-electron chi connectivity index (χ0n) is 34.9. The van der Waals surface area contributed by atoms with E-state index in [0.29, 0.717) is 36.1 Å². The second-order valence-electron chi connectivity index (χ2n) is 18.7. The lowest BCUT2D eigenvalue weighted by atomic mass is 9.73. The van der Waals surface area contributed by atoms with Gasteiger partial charge in [0.25, 0.3) is 5.91 Å². The number of carbonyl (C=O) groups excluding carboxylic acids is 3. The molecule has 0 saturated carbocycles. The van der Waals surface area contributed by atoms with Crippen LogP contribution in [0, 0.1) is 17.7 Å². The van der Waals surface area contributed by atoms with E-state index >= 15 is 4.39 Å². The molecule has 5 aromatic rings. The van der Waals surface area contributed by atoms with E-state index in [4.69, 9.17) is 4.98 Å². The minimum absolute atomic E-state index is 0.000182. The van der Waals surface area contributed by atoms with Crippen LogP contribution >= 0.6 is 0 Å². The zero-order chi connectivity index (χ0) is 41.7. The Hall–Kier alpha value is -5.76. The molecule has 3 amide bonds. The van der Waals surface area contributed by atoms with Crippen molar-refractivity contribution in [3.8, 4) is 22.5 Å². The van der Waals surface area contributed by atoms with E-state index in [1.54, 1.807) is 22.2 Å². The Morgan fingerprint density at radius 3 is 2.34 bits per heavy atom. The topological polar surface area (TPSA) is 141 Å². The number of rotatable bonds is 6. The Morgan fingerprint density at radius 2 is 1.61 bits per heavy atom. The maximum atomic E-state index is 15.7. The van der Waals surface area contributed by atoms with Crippen molar-refractivity contribution in [1.29, 1.82) is 0 Å². The van der Waals surface area contributed by atoms with Crippen LogP contribution in [0.1, 0.15) is 78.2 Å². The molecule has 2 aromatic carbocycles. The molecule has 11 rings (SSSR count). The van der Waals surface area contributed by atoms with E-state index in [1.165, 1.54) is 6.42 Å². The minimum atomic E-state index is -0.701. The molecule has 316 valence electrons. The van der Waals surface area contributed by atoms with Crippen molar-refractivity contribution in [1.82, 2.24) is 34.6 Å². The molecule has 1 aliphatic carbocycles. The zero-order valence-corrected chi connectivity index (χ0v) is 34.9. The van der Waals surface area contributed by atoms with Gasteiger partial charge in [-0.05, 0) is 118 Å². The molecule has 6 aliphatic rings. The largest absolute Gasteiger partial charge is 0.371 e. The number of halogens is 1. The molecule has 1 unspecified atom stereocenters. The number of nitrogens with zero attached hydrogens (tertiary/aromatic N) is 6. The van der Waals surface area contributed by atoms with Crippen molar-refractivity contribution < 1.29 is 18.8 Å². The monoisotopic (exact) mass is 825 g/mol. The first-order valence-electron chi connectivity index (χ1n) is 22.1. The van der Waals surface area contributed by atoms with Crippen molar-refractivity contribution in [3.63, 3.8) is 0 Å². The number of imide groups is 1. The van der Waals surface area contributed by atoms with Gasteiger partial charge in [-0.3, -0.25) is 33.8 Å². The van der Waals surface area contributed by atoms with Gasteiger partial charge in [0.05, 0.1) is 39.1 Å². The van der Waals surface area contributed by atoms with Gasteiger partial charge in [-0.2, -0.15) is 0 Å². The van der Waals surface area contributed by atoms with Crippen LogP contribution < -0.4 is 26.1 Å². The lowest BCUT2D eigenvalue weighted by Crippen LogP contribution is -2.65. The normalized spacial score (nSPS) is 21.9. The summed E-state index contributed by atoms with van der Waals surface area (Å²) in [6, 6.07) is 12.7. The number of benzene rings is 2. The highest BCUT2D eigenvalue weighted by Crippen LogP contribution is 2.45. The number of likely N-dealkylation sites (N-methyl/N-ethyl adjacent to an activating group) is 1. The first kappa shape index (κ1) is 38.2. The molecule has 13 nitrogen and oxygen atoms in total. The van der Waals surface area contributed by atoms with Crippen LogP contribution in [0.4, 0.5) is 15.8 Å². The van der Waals surface area contributed by atoms with E-state index in [2.05, 4.69) is 43.4 Å². The molecule has 8 heterocycles. The fourth-order valence-corrected chi connectivity index (χ4v) is 11.8. The van der Waals surface area contributed by atoms with Crippen molar-refractivity contribution in [3.05, 3.63) is 87.3 Å². The number of aryl methyl sites for hydroxylation is 2. The van der Waals surface area contributed by atoms with Gasteiger partial charge in [-0.15, -0.1) is 0 Å². The number of fused-ring (bicyclic) bond motifs is 7. The van der Waals surface area contributed by atoms with Gasteiger partial charge in [-0.1, -0.05) is 6.07 Å². The summed E-state index contributed by atoms with van der Waals surface area (Å²) in [5, 5.41) is 5.57. The minimum Gasteiger partial charge on any atom is -0.371 e. The number of hydrogen-bond acceptors (Lipinski definition) is 8. The lowest BCUT2D eigenvalue weighted by Gasteiger charge is -2.50. The molecule has 0 bridgehead atoms. The average Bonchev–Trinajstić information content (AvgIpc) is 3.78. The Bertz CT molecular complexity index is 2690. The molecule has 5 aliphatic heterocycles. The van der Waals surface area contributed by atoms with Crippen LogP contribution in [0.15, 0.2) is 53.5 Å². The fourth-order valence-electron chi connectivity index (χ4n) is 11.8. The van der Waals surface area contributed by atoms with Crippen LogP contribution in [0.3, 0.4) is 0 Å². The second-order valence-corrected chi connectivity index (χ2v) is 18.7. The quantitative estimate of drug-likeness (QED) is 0.202. The molecule has 0 radical (unpaired) electrons. The summed E-state index contributed by atoms with van der Waals surface area (Å²) in [6.07, 6.45) is 9.50. The summed E-state index contributed by atoms with van der Waals surface area (Å²) in [5.41, 5.74) is 10.4. The van der Waals surface area contributed by atoms with E-state index in [1.807, 2.05) is 36.5 Å². The summed E-state index contributed by atoms with van der Waals surface area (Å²) in [6.45, 7) is 6.08. The summed E-state index contributed by atoms with van der Waals surface area (Å²) in [5.74, 6) is 0.242. The highest BCUT2D eigenvalue weighted by Gasteiger charge is 2.50. The summed E-state index contributed by atoms with van der Waals surface area (Å²) in [7, 11) is 3.88. The molecule has 3 N–H and O–H groups in total. The Balaban J connectivity index is 0.748. The lowest BCUT2D eigenvalue weighted by molar-refractivity contribution is -0.135. The Labute approximate surface area is 353 Å². The number of amides is 3. The number of anilines is 2. The van der Waals surface area contributed by atoms with Crippen LogP contribution in [0.2, 0.25) is 0 Å². The van der Waals surface area contributed by atoms with Crippen molar-refractivity contribution >= 4 is 40.1 Å². The number of aromatic nitrogens is 4. The maximum Gasteiger partial charge on any atom is 0.329 e. The molecule has 4 saturated heterocycles. The number of H-pyrrole nitrogens is 1. The first-order chi connectivity index (χ1) is 29.5. The number of aromatic amines is 1. The summed E-state index contributed by atoms with van der Waals surface area (Å²) < 4.78 is 18.9. The Kier molecular flexibility index (Phi) is 9.03. The summed E-state index contributed by atoms with van der Waals surface area (Å²) >= 11 is 0.